The van der Waals surface area contributed by atoms with Gasteiger partial charge in [-0.25, -0.2) is 0 Å². The van der Waals surface area contributed by atoms with E-state index in [4.69, 9.17) is 9.47 Å². The minimum atomic E-state index is -0.0278. The first kappa shape index (κ1) is 12.9. The van der Waals surface area contributed by atoms with Gasteiger partial charge in [0.1, 0.15) is 0 Å². The van der Waals surface area contributed by atoms with Crippen LogP contribution in [0.25, 0.3) is 0 Å². The second-order valence-electron chi connectivity index (χ2n) is 7.16. The summed E-state index contributed by atoms with van der Waals surface area (Å²) in [6, 6.07) is 0. The molecule has 3 saturated heterocycles. The van der Waals surface area contributed by atoms with Crippen LogP contribution >= 0.6 is 0 Å². The second-order valence-corrected chi connectivity index (χ2v) is 7.16. The molecule has 4 rings (SSSR count). The Morgan fingerprint density at radius 2 is 1.94 bits per heavy atom. The maximum absolute atomic E-state index is 6.56. The Bertz CT molecular complexity index is 329. The van der Waals surface area contributed by atoms with E-state index < -0.39 is 0 Å². The molecule has 1 aliphatic carbocycles. The average Bonchev–Trinajstić information content (AvgIpc) is 2.55. The molecule has 1 unspecified atom stereocenters. The number of fused-ring (bicyclic) bond motifs is 3. The molecular weight excluding hydrogens is 224 g/mol. The van der Waals surface area contributed by atoms with E-state index in [-0.39, 0.29) is 17.3 Å². The summed E-state index contributed by atoms with van der Waals surface area (Å²) in [7, 11) is 0. The molecule has 0 N–H and O–H groups in total. The maximum atomic E-state index is 6.56. The largest absolute Gasteiger partial charge is 0.369 e. The fraction of sp³-hybridized carbons (Fsp3) is 1.00. The van der Waals surface area contributed by atoms with E-state index >= 15 is 0 Å². The molecule has 2 nitrogen and oxygen atoms in total. The highest BCUT2D eigenvalue weighted by atomic mass is 16.6. The smallest absolute Gasteiger partial charge is 0.1000 e. The molecule has 3 heterocycles. The quantitative estimate of drug-likeness (QED) is 0.707. The molecule has 104 valence electrons. The predicted molar refractivity (Wildman–Crippen MR) is 72.5 cm³/mol. The fourth-order valence-electron chi connectivity index (χ4n) is 5.07. The standard InChI is InChI=1S/C16H28O2/c1-5-13-7-6-11(2)14-8-9-15(4)10-17-16(13,14)12(3)18-15/h11-14H,5-10H2,1-4H3/t11-,12+,13?,14+,15+,16+/m1/s1. The van der Waals surface area contributed by atoms with Crippen molar-refractivity contribution in [2.75, 3.05) is 6.61 Å². The zero-order valence-corrected chi connectivity index (χ0v) is 12.4. The van der Waals surface area contributed by atoms with Gasteiger partial charge >= 0.3 is 0 Å². The number of rotatable bonds is 1. The Labute approximate surface area is 111 Å². The Morgan fingerprint density at radius 3 is 2.61 bits per heavy atom. The van der Waals surface area contributed by atoms with Gasteiger partial charge in [0, 0.05) is 0 Å². The third kappa shape index (κ3) is 1.61. The zero-order chi connectivity index (χ0) is 13.0. The van der Waals surface area contributed by atoms with Crippen molar-refractivity contribution < 1.29 is 9.47 Å². The van der Waals surface area contributed by atoms with Gasteiger partial charge in [-0.1, -0.05) is 20.3 Å². The van der Waals surface area contributed by atoms with Crippen LogP contribution in [0.2, 0.25) is 0 Å². The molecule has 3 aliphatic heterocycles. The first-order chi connectivity index (χ1) is 8.52. The summed E-state index contributed by atoms with van der Waals surface area (Å²) in [6.45, 7) is 10.0. The van der Waals surface area contributed by atoms with E-state index in [0.29, 0.717) is 11.8 Å². The fourth-order valence-corrected chi connectivity index (χ4v) is 5.07. The maximum Gasteiger partial charge on any atom is 0.1000 e. The van der Waals surface area contributed by atoms with Gasteiger partial charge in [-0.05, 0) is 57.3 Å². The summed E-state index contributed by atoms with van der Waals surface area (Å²) in [5.74, 6) is 2.19. The van der Waals surface area contributed by atoms with Gasteiger partial charge in [0.2, 0.25) is 0 Å². The molecule has 6 atom stereocenters. The third-order valence-electron chi connectivity index (χ3n) is 6.08. The summed E-state index contributed by atoms with van der Waals surface area (Å²) in [4.78, 5) is 0. The third-order valence-corrected chi connectivity index (χ3v) is 6.08. The second kappa shape index (κ2) is 4.21. The van der Waals surface area contributed by atoms with Gasteiger partial charge in [-0.15, -0.1) is 0 Å². The minimum Gasteiger partial charge on any atom is -0.369 e. The topological polar surface area (TPSA) is 18.5 Å². The molecule has 0 aromatic rings. The summed E-state index contributed by atoms with van der Waals surface area (Å²) in [5, 5.41) is 0. The Kier molecular flexibility index (Phi) is 3.02. The van der Waals surface area contributed by atoms with Crippen LogP contribution in [0.5, 0.6) is 0 Å². The molecule has 0 radical (unpaired) electrons. The highest BCUT2D eigenvalue weighted by molar-refractivity contribution is 5.09. The van der Waals surface area contributed by atoms with E-state index in [1.165, 1.54) is 32.1 Å². The minimum absolute atomic E-state index is 0.0163. The molecule has 2 heteroatoms. The van der Waals surface area contributed by atoms with Crippen LogP contribution in [0.1, 0.15) is 59.8 Å². The Hall–Kier alpha value is -0.0800. The van der Waals surface area contributed by atoms with Crippen LogP contribution in [0.15, 0.2) is 0 Å². The molecule has 18 heavy (non-hydrogen) atoms. The number of hydrogen-bond acceptors (Lipinski definition) is 2. The van der Waals surface area contributed by atoms with E-state index in [2.05, 4.69) is 27.7 Å². The monoisotopic (exact) mass is 252 g/mol. The van der Waals surface area contributed by atoms with Crippen molar-refractivity contribution in [3.05, 3.63) is 0 Å². The number of ether oxygens (including phenoxy) is 2. The summed E-state index contributed by atoms with van der Waals surface area (Å²) in [5.41, 5.74) is -0.0115. The lowest BCUT2D eigenvalue weighted by molar-refractivity contribution is -0.294. The van der Waals surface area contributed by atoms with Gasteiger partial charge in [0.05, 0.1) is 23.9 Å². The summed E-state index contributed by atoms with van der Waals surface area (Å²) >= 11 is 0. The van der Waals surface area contributed by atoms with Crippen molar-refractivity contribution in [1.82, 2.24) is 0 Å². The summed E-state index contributed by atoms with van der Waals surface area (Å²) < 4.78 is 13.0. The molecule has 2 bridgehead atoms. The van der Waals surface area contributed by atoms with E-state index in [1.807, 2.05) is 0 Å². The van der Waals surface area contributed by atoms with Crippen LogP contribution in [0.3, 0.4) is 0 Å². The van der Waals surface area contributed by atoms with E-state index in [9.17, 15) is 0 Å². The first-order valence-corrected chi connectivity index (χ1v) is 7.83. The predicted octanol–water partition coefficient (Wildman–Crippen LogP) is 3.79. The normalized spacial score (nSPS) is 56.0. The lowest BCUT2D eigenvalue weighted by Gasteiger charge is -2.56. The van der Waals surface area contributed by atoms with Gasteiger partial charge in [0.25, 0.3) is 0 Å². The van der Waals surface area contributed by atoms with E-state index in [0.717, 1.165) is 12.5 Å². The van der Waals surface area contributed by atoms with Crippen LogP contribution in [-0.4, -0.2) is 23.9 Å². The summed E-state index contributed by atoms with van der Waals surface area (Å²) in [6.07, 6.45) is 6.64. The van der Waals surface area contributed by atoms with Crippen molar-refractivity contribution >= 4 is 0 Å². The highest BCUT2D eigenvalue weighted by Crippen LogP contribution is 2.56. The van der Waals surface area contributed by atoms with E-state index in [1.54, 1.807) is 0 Å². The molecule has 0 aromatic carbocycles. The van der Waals surface area contributed by atoms with Crippen LogP contribution < -0.4 is 0 Å². The first-order valence-electron chi connectivity index (χ1n) is 7.83. The number of hydrogen-bond donors (Lipinski definition) is 0. The van der Waals surface area contributed by atoms with Crippen molar-refractivity contribution in [2.45, 2.75) is 77.1 Å². The molecule has 4 aliphatic rings. The van der Waals surface area contributed by atoms with Crippen LogP contribution in [0, 0.1) is 17.8 Å². The van der Waals surface area contributed by atoms with Crippen molar-refractivity contribution in [1.29, 1.82) is 0 Å². The molecule has 1 spiro atoms. The van der Waals surface area contributed by atoms with Crippen molar-refractivity contribution in [3.63, 3.8) is 0 Å². The average molecular weight is 252 g/mol. The van der Waals surface area contributed by atoms with Gasteiger partial charge in [-0.2, -0.15) is 0 Å². The lowest BCUT2D eigenvalue weighted by atomic mass is 9.60. The SMILES string of the molecule is CCC1CC[C@@H](C)[C@@H]2CC[C@@]3(C)CO[C@@]12[C@H](C)O3. The Balaban J connectivity index is 2.02. The van der Waals surface area contributed by atoms with Crippen molar-refractivity contribution in [3.8, 4) is 0 Å². The highest BCUT2D eigenvalue weighted by Gasteiger charge is 2.60. The molecule has 0 amide bonds. The molecule has 4 fully saturated rings. The van der Waals surface area contributed by atoms with Gasteiger partial charge in [0.15, 0.2) is 0 Å². The van der Waals surface area contributed by atoms with Crippen LogP contribution in [0.4, 0.5) is 0 Å². The molecule has 0 aromatic heterocycles. The van der Waals surface area contributed by atoms with Crippen molar-refractivity contribution in [2.24, 2.45) is 17.8 Å². The lowest BCUT2D eigenvalue weighted by Crippen LogP contribution is -2.63. The zero-order valence-electron chi connectivity index (χ0n) is 12.4. The van der Waals surface area contributed by atoms with Gasteiger partial charge in [-0.3, -0.25) is 0 Å². The molecule has 1 saturated carbocycles. The van der Waals surface area contributed by atoms with Crippen LogP contribution in [-0.2, 0) is 9.47 Å². The Morgan fingerprint density at radius 1 is 1.17 bits per heavy atom. The molecular formula is C16H28O2. The van der Waals surface area contributed by atoms with Gasteiger partial charge < -0.3 is 9.47 Å².